The van der Waals surface area contributed by atoms with E-state index in [0.29, 0.717) is 30.6 Å². The zero-order valence-electron chi connectivity index (χ0n) is 15.5. The summed E-state index contributed by atoms with van der Waals surface area (Å²) in [6, 6.07) is 10.8. The number of anilines is 1. The maximum atomic E-state index is 12.3. The Balaban J connectivity index is 1.30. The molecule has 2 amide bonds. The molecule has 142 valence electrons. The van der Waals surface area contributed by atoms with Gasteiger partial charge in [-0.3, -0.25) is 4.79 Å². The average Bonchev–Trinajstić information content (AvgIpc) is 3.42. The van der Waals surface area contributed by atoms with Crippen molar-refractivity contribution in [3.8, 4) is 11.5 Å². The third kappa shape index (κ3) is 3.77. The van der Waals surface area contributed by atoms with Crippen LogP contribution in [-0.4, -0.2) is 41.8 Å². The van der Waals surface area contributed by atoms with Crippen molar-refractivity contribution in [3.05, 3.63) is 52.4 Å². The van der Waals surface area contributed by atoms with Gasteiger partial charge in [-0.1, -0.05) is 0 Å². The first-order valence-electron chi connectivity index (χ1n) is 9.13. The number of methoxy groups -OCH3 is 1. The fourth-order valence-corrected chi connectivity index (χ4v) is 3.30. The maximum absolute atomic E-state index is 12.3. The number of ether oxygens (including phenoxy) is 2. The van der Waals surface area contributed by atoms with Crippen molar-refractivity contribution in [3.63, 3.8) is 0 Å². The Bertz CT molecular complexity index is 896. The Labute approximate surface area is 157 Å². The van der Waals surface area contributed by atoms with Crippen molar-refractivity contribution in [2.45, 2.75) is 31.9 Å². The number of aromatic nitrogens is 1. The largest absolute Gasteiger partial charge is 0.497 e. The van der Waals surface area contributed by atoms with Gasteiger partial charge in [0.15, 0.2) is 0 Å². The van der Waals surface area contributed by atoms with Gasteiger partial charge in [-0.2, -0.15) is 0 Å². The molecular formula is C20H23N3O4. The van der Waals surface area contributed by atoms with Gasteiger partial charge in [-0.15, -0.1) is 0 Å². The molecule has 1 aliphatic carbocycles. The normalized spacial score (nSPS) is 16.6. The predicted molar refractivity (Wildman–Crippen MR) is 102 cm³/mol. The van der Waals surface area contributed by atoms with Crippen LogP contribution in [0.15, 0.2) is 41.2 Å². The zero-order chi connectivity index (χ0) is 19.0. The van der Waals surface area contributed by atoms with Gasteiger partial charge in [0.1, 0.15) is 17.6 Å². The Morgan fingerprint density at radius 1 is 1.11 bits per heavy atom. The monoisotopic (exact) mass is 369 g/mol. The first kappa shape index (κ1) is 17.5. The number of pyridine rings is 1. The van der Waals surface area contributed by atoms with Gasteiger partial charge < -0.3 is 24.3 Å². The van der Waals surface area contributed by atoms with Gasteiger partial charge in [0.25, 0.3) is 5.56 Å². The standard InChI is InChI=1S/C20H23N3O4/c1-13-9-17(10-19(24)23(13)15-5-6-15)27-18-11-22(12-18)20(25)21-14-3-7-16(26-2)8-4-14/h3-4,7-10,15,18H,5-6,11-12H2,1-2H3,(H,21,25). The molecule has 1 aromatic heterocycles. The minimum atomic E-state index is -0.166. The van der Waals surface area contributed by atoms with Crippen LogP contribution in [0.3, 0.4) is 0 Å². The molecule has 1 saturated carbocycles. The van der Waals surface area contributed by atoms with Crippen LogP contribution in [0.5, 0.6) is 11.5 Å². The lowest BCUT2D eigenvalue weighted by Crippen LogP contribution is -2.57. The SMILES string of the molecule is COc1ccc(NC(=O)N2CC(Oc3cc(C)n(C4CC4)c(=O)c3)C2)cc1. The molecule has 2 fully saturated rings. The molecule has 0 radical (unpaired) electrons. The van der Waals surface area contributed by atoms with E-state index in [1.165, 1.54) is 0 Å². The summed E-state index contributed by atoms with van der Waals surface area (Å²) in [7, 11) is 1.60. The lowest BCUT2D eigenvalue weighted by molar-refractivity contribution is 0.0490. The number of rotatable bonds is 5. The fraction of sp³-hybridized carbons (Fsp3) is 0.400. The summed E-state index contributed by atoms with van der Waals surface area (Å²) in [6.45, 7) is 2.92. The molecule has 0 spiro atoms. The quantitative estimate of drug-likeness (QED) is 0.880. The highest BCUT2D eigenvalue weighted by Gasteiger charge is 2.33. The number of carbonyl (C=O) groups is 1. The van der Waals surface area contributed by atoms with E-state index in [4.69, 9.17) is 9.47 Å². The number of nitrogens with one attached hydrogen (secondary N) is 1. The van der Waals surface area contributed by atoms with Crippen LogP contribution >= 0.6 is 0 Å². The van der Waals surface area contributed by atoms with Crippen LogP contribution in [0.4, 0.5) is 10.5 Å². The van der Waals surface area contributed by atoms with Crippen molar-refractivity contribution >= 4 is 11.7 Å². The van der Waals surface area contributed by atoms with E-state index >= 15 is 0 Å². The van der Waals surface area contributed by atoms with Gasteiger partial charge in [-0.25, -0.2) is 4.79 Å². The third-order valence-corrected chi connectivity index (χ3v) is 4.93. The molecule has 1 aliphatic heterocycles. The number of nitrogens with zero attached hydrogens (tertiary/aromatic N) is 2. The molecule has 27 heavy (non-hydrogen) atoms. The lowest BCUT2D eigenvalue weighted by atomic mass is 10.2. The molecule has 2 heterocycles. The molecule has 7 heteroatoms. The summed E-state index contributed by atoms with van der Waals surface area (Å²) in [4.78, 5) is 26.2. The van der Waals surface area contributed by atoms with Crippen LogP contribution in [-0.2, 0) is 0 Å². The number of amides is 2. The molecule has 1 saturated heterocycles. The van der Waals surface area contributed by atoms with Crippen molar-refractivity contribution in [1.29, 1.82) is 0 Å². The summed E-state index contributed by atoms with van der Waals surface area (Å²) in [6.07, 6.45) is 2.05. The van der Waals surface area contributed by atoms with Crippen molar-refractivity contribution in [1.82, 2.24) is 9.47 Å². The molecule has 0 bridgehead atoms. The van der Waals surface area contributed by atoms with Gasteiger partial charge in [0.05, 0.1) is 20.2 Å². The molecule has 4 rings (SSSR count). The van der Waals surface area contributed by atoms with Crippen molar-refractivity contribution < 1.29 is 14.3 Å². The molecule has 0 atom stereocenters. The number of hydrogen-bond acceptors (Lipinski definition) is 4. The van der Waals surface area contributed by atoms with Gasteiger partial charge in [0.2, 0.25) is 0 Å². The second-order valence-corrected chi connectivity index (χ2v) is 7.08. The van der Waals surface area contributed by atoms with Crippen molar-refractivity contribution in [2.24, 2.45) is 0 Å². The lowest BCUT2D eigenvalue weighted by Gasteiger charge is -2.38. The van der Waals surface area contributed by atoms with E-state index in [1.807, 2.05) is 17.6 Å². The second kappa shape index (κ2) is 6.98. The first-order valence-corrected chi connectivity index (χ1v) is 9.13. The molecule has 0 unspecified atom stereocenters. The number of benzene rings is 1. The van der Waals surface area contributed by atoms with Gasteiger partial charge >= 0.3 is 6.03 Å². The van der Waals surface area contributed by atoms with Crippen LogP contribution in [0, 0.1) is 6.92 Å². The van der Waals surface area contributed by atoms with Gasteiger partial charge in [0, 0.05) is 23.5 Å². The van der Waals surface area contributed by atoms with E-state index in [0.717, 1.165) is 24.3 Å². The summed E-state index contributed by atoms with van der Waals surface area (Å²) < 4.78 is 12.8. The highest BCUT2D eigenvalue weighted by molar-refractivity contribution is 5.90. The highest BCUT2D eigenvalue weighted by atomic mass is 16.5. The van der Waals surface area contributed by atoms with Crippen LogP contribution in [0.2, 0.25) is 0 Å². The average molecular weight is 369 g/mol. The Morgan fingerprint density at radius 3 is 2.41 bits per heavy atom. The number of carbonyl (C=O) groups excluding carboxylic acids is 1. The van der Waals surface area contributed by atoms with Gasteiger partial charge in [-0.05, 0) is 50.1 Å². The third-order valence-electron chi connectivity index (χ3n) is 4.93. The number of likely N-dealkylation sites (tertiary alicyclic amines) is 1. The van der Waals surface area contributed by atoms with Crippen LogP contribution in [0.1, 0.15) is 24.6 Å². The van der Waals surface area contributed by atoms with Crippen LogP contribution in [0.25, 0.3) is 0 Å². The van der Waals surface area contributed by atoms with E-state index < -0.39 is 0 Å². The summed E-state index contributed by atoms with van der Waals surface area (Å²) in [5, 5.41) is 2.85. The molecular weight excluding hydrogens is 346 g/mol. The second-order valence-electron chi connectivity index (χ2n) is 7.08. The van der Waals surface area contributed by atoms with Crippen LogP contribution < -0.4 is 20.3 Å². The smallest absolute Gasteiger partial charge is 0.322 e. The summed E-state index contributed by atoms with van der Waals surface area (Å²) in [5.74, 6) is 1.32. The Kier molecular flexibility index (Phi) is 4.51. The molecule has 1 aromatic carbocycles. The van der Waals surface area contributed by atoms with E-state index in [-0.39, 0.29) is 17.7 Å². The minimum Gasteiger partial charge on any atom is -0.497 e. The topological polar surface area (TPSA) is 72.8 Å². The first-order chi connectivity index (χ1) is 13.0. The fourth-order valence-electron chi connectivity index (χ4n) is 3.30. The number of aryl methyl sites for hydroxylation is 1. The number of hydrogen-bond donors (Lipinski definition) is 1. The number of urea groups is 1. The molecule has 2 aromatic rings. The molecule has 1 N–H and O–H groups in total. The summed E-state index contributed by atoms with van der Waals surface area (Å²) >= 11 is 0. The minimum absolute atomic E-state index is 0.0130. The molecule has 7 nitrogen and oxygen atoms in total. The predicted octanol–water partition coefficient (Wildman–Crippen LogP) is 2.80. The van der Waals surface area contributed by atoms with Crippen molar-refractivity contribution in [2.75, 3.05) is 25.5 Å². The van der Waals surface area contributed by atoms with E-state index in [2.05, 4.69) is 5.32 Å². The Morgan fingerprint density at radius 2 is 1.81 bits per heavy atom. The van der Waals surface area contributed by atoms with E-state index in [1.54, 1.807) is 42.3 Å². The molecule has 2 aliphatic rings. The summed E-state index contributed by atoms with van der Waals surface area (Å²) in [5.41, 5.74) is 1.62. The van der Waals surface area contributed by atoms with E-state index in [9.17, 15) is 9.59 Å². The highest BCUT2D eigenvalue weighted by Crippen LogP contribution is 2.35. The zero-order valence-corrected chi connectivity index (χ0v) is 15.5. The maximum Gasteiger partial charge on any atom is 0.322 e. The Hall–Kier alpha value is -2.96.